The van der Waals surface area contributed by atoms with E-state index in [-0.39, 0.29) is 42.0 Å². The standard InChI is InChI=1S/C23H28FN7O4S/c1-26-14-23(31-13-17(20(25)32)21(28-31)27-22(33)15-6-7-15)8-10-30(11-9-23)12-16-4-3-5-18(19(16)24)29-36(2,34)35/h3-5,13,15,29H,6-12,14H2,2H3,(H2,25,32)(H,27,28,33). The van der Waals surface area contributed by atoms with Gasteiger partial charge in [-0.05, 0) is 31.7 Å². The van der Waals surface area contributed by atoms with Crippen LogP contribution < -0.4 is 15.8 Å². The number of aromatic nitrogens is 2. The van der Waals surface area contributed by atoms with Crippen LogP contribution in [-0.4, -0.2) is 60.8 Å². The number of sulfonamides is 1. The van der Waals surface area contributed by atoms with Crippen molar-refractivity contribution in [2.75, 3.05) is 35.9 Å². The lowest BCUT2D eigenvalue weighted by molar-refractivity contribution is -0.117. The summed E-state index contributed by atoms with van der Waals surface area (Å²) in [4.78, 5) is 29.9. The number of likely N-dealkylation sites (tertiary alicyclic amines) is 1. The summed E-state index contributed by atoms with van der Waals surface area (Å²) in [5.74, 6) is -1.53. The van der Waals surface area contributed by atoms with Gasteiger partial charge in [-0.3, -0.25) is 23.9 Å². The Bertz CT molecular complexity index is 1320. The van der Waals surface area contributed by atoms with E-state index in [9.17, 15) is 22.4 Å². The van der Waals surface area contributed by atoms with Crippen molar-refractivity contribution in [3.63, 3.8) is 0 Å². The molecule has 2 aromatic rings. The second-order valence-corrected chi connectivity index (χ2v) is 11.2. The van der Waals surface area contributed by atoms with Gasteiger partial charge >= 0.3 is 0 Å². The molecule has 2 fully saturated rings. The largest absolute Gasteiger partial charge is 0.365 e. The van der Waals surface area contributed by atoms with Crippen molar-refractivity contribution in [2.24, 2.45) is 11.7 Å². The number of hydrogen-bond acceptors (Lipinski definition) is 6. The first-order valence-electron chi connectivity index (χ1n) is 11.5. The van der Waals surface area contributed by atoms with Crippen molar-refractivity contribution in [3.8, 4) is 0 Å². The summed E-state index contributed by atoms with van der Waals surface area (Å²) in [6, 6.07) is 4.56. The summed E-state index contributed by atoms with van der Waals surface area (Å²) in [5, 5.41) is 7.15. The molecule has 192 valence electrons. The van der Waals surface area contributed by atoms with Gasteiger partial charge in [0, 0.05) is 37.3 Å². The van der Waals surface area contributed by atoms with Gasteiger partial charge < -0.3 is 15.9 Å². The smallest absolute Gasteiger partial charge is 0.254 e. The SMILES string of the molecule is [C-]#[N+]CC1(n2cc(C(N)=O)c(NC(=O)C3CC3)n2)CCN(Cc2cccc(NS(C)(=O)=O)c2F)CC1. The third kappa shape index (κ3) is 5.66. The molecule has 1 aliphatic carbocycles. The molecule has 1 saturated carbocycles. The first kappa shape index (κ1) is 25.6. The van der Waals surface area contributed by atoms with E-state index in [0.29, 0.717) is 31.5 Å². The minimum Gasteiger partial charge on any atom is -0.365 e. The molecule has 11 nitrogen and oxygen atoms in total. The number of anilines is 2. The van der Waals surface area contributed by atoms with Crippen LogP contribution in [0.5, 0.6) is 0 Å². The number of amides is 2. The topological polar surface area (TPSA) is 144 Å². The van der Waals surface area contributed by atoms with Crippen LogP contribution in [0.4, 0.5) is 15.9 Å². The van der Waals surface area contributed by atoms with Gasteiger partial charge in [0.05, 0.1) is 11.9 Å². The molecule has 0 unspecified atom stereocenters. The monoisotopic (exact) mass is 517 g/mol. The van der Waals surface area contributed by atoms with E-state index in [1.54, 1.807) is 16.8 Å². The highest BCUT2D eigenvalue weighted by atomic mass is 32.2. The maximum atomic E-state index is 14.9. The molecule has 0 atom stereocenters. The highest BCUT2D eigenvalue weighted by Crippen LogP contribution is 2.34. The molecular weight excluding hydrogens is 489 g/mol. The molecule has 4 rings (SSSR count). The molecule has 2 heterocycles. The summed E-state index contributed by atoms with van der Waals surface area (Å²) in [5.41, 5.74) is 5.14. The minimum atomic E-state index is -3.62. The zero-order valence-corrected chi connectivity index (χ0v) is 20.6. The first-order valence-corrected chi connectivity index (χ1v) is 13.4. The van der Waals surface area contributed by atoms with Gasteiger partial charge in [0.25, 0.3) is 5.91 Å². The summed E-state index contributed by atoms with van der Waals surface area (Å²) in [6.07, 6.45) is 5.03. The van der Waals surface area contributed by atoms with E-state index < -0.39 is 27.3 Å². The lowest BCUT2D eigenvalue weighted by atomic mass is 9.87. The maximum absolute atomic E-state index is 14.9. The number of hydrogen-bond donors (Lipinski definition) is 3. The second kappa shape index (κ2) is 9.87. The highest BCUT2D eigenvalue weighted by Gasteiger charge is 2.42. The van der Waals surface area contributed by atoms with Gasteiger partial charge in [0.15, 0.2) is 11.6 Å². The highest BCUT2D eigenvalue weighted by molar-refractivity contribution is 7.92. The fourth-order valence-electron chi connectivity index (χ4n) is 4.41. The third-order valence-electron chi connectivity index (χ3n) is 6.58. The van der Waals surface area contributed by atoms with Gasteiger partial charge in [0.2, 0.25) is 22.5 Å². The number of halogens is 1. The summed E-state index contributed by atoms with van der Waals surface area (Å²) in [7, 11) is -3.62. The zero-order chi connectivity index (χ0) is 26.1. The van der Waals surface area contributed by atoms with Crippen molar-refractivity contribution >= 4 is 33.3 Å². The van der Waals surface area contributed by atoms with E-state index in [2.05, 4.69) is 20.0 Å². The molecule has 1 aromatic heterocycles. The number of carbonyl (C=O) groups excluding carboxylic acids is 2. The number of piperidine rings is 1. The Morgan fingerprint density at radius 3 is 2.58 bits per heavy atom. The molecule has 0 spiro atoms. The van der Waals surface area contributed by atoms with Crippen molar-refractivity contribution < 1.29 is 22.4 Å². The fourth-order valence-corrected chi connectivity index (χ4v) is 4.97. The molecule has 4 N–H and O–H groups in total. The Morgan fingerprint density at radius 2 is 2.00 bits per heavy atom. The number of nitrogens with one attached hydrogen (secondary N) is 2. The van der Waals surface area contributed by atoms with E-state index in [4.69, 9.17) is 12.3 Å². The van der Waals surface area contributed by atoms with Gasteiger partial charge in [-0.2, -0.15) is 5.10 Å². The van der Waals surface area contributed by atoms with E-state index in [1.807, 2.05) is 4.90 Å². The van der Waals surface area contributed by atoms with Crippen LogP contribution in [0.3, 0.4) is 0 Å². The summed E-state index contributed by atoms with van der Waals surface area (Å²) >= 11 is 0. The van der Waals surface area contributed by atoms with Crippen LogP contribution in [0.2, 0.25) is 0 Å². The Morgan fingerprint density at radius 1 is 1.31 bits per heavy atom. The molecule has 1 aromatic carbocycles. The van der Waals surface area contributed by atoms with E-state index in [0.717, 1.165) is 19.1 Å². The lowest BCUT2D eigenvalue weighted by Crippen LogP contribution is -2.48. The molecule has 1 saturated heterocycles. The molecular formula is C23H28FN7O4S. The van der Waals surface area contributed by atoms with Crippen LogP contribution in [0, 0.1) is 18.3 Å². The quantitative estimate of drug-likeness (QED) is 0.433. The number of nitrogens with two attached hydrogens (primary N) is 1. The molecule has 2 amide bonds. The van der Waals surface area contributed by atoms with Crippen molar-refractivity contribution in [1.29, 1.82) is 0 Å². The van der Waals surface area contributed by atoms with Crippen LogP contribution in [-0.2, 0) is 26.9 Å². The van der Waals surface area contributed by atoms with E-state index >= 15 is 0 Å². The molecule has 13 heteroatoms. The summed E-state index contributed by atoms with van der Waals surface area (Å²) in [6.45, 7) is 8.88. The number of primary amides is 1. The predicted molar refractivity (Wildman–Crippen MR) is 131 cm³/mol. The Balaban J connectivity index is 1.51. The fraction of sp³-hybridized carbons (Fsp3) is 0.478. The molecule has 0 bridgehead atoms. The number of benzene rings is 1. The second-order valence-electron chi connectivity index (χ2n) is 9.43. The molecule has 36 heavy (non-hydrogen) atoms. The normalized spacial score (nSPS) is 17.8. The zero-order valence-electron chi connectivity index (χ0n) is 19.8. The van der Waals surface area contributed by atoms with Crippen LogP contribution in [0.25, 0.3) is 4.85 Å². The number of rotatable bonds is 9. The van der Waals surface area contributed by atoms with Crippen LogP contribution >= 0.6 is 0 Å². The number of nitrogens with zero attached hydrogens (tertiary/aromatic N) is 4. The molecule has 1 aliphatic heterocycles. The van der Waals surface area contributed by atoms with Gasteiger partial charge in [-0.1, -0.05) is 12.1 Å². The summed E-state index contributed by atoms with van der Waals surface area (Å²) < 4.78 is 41.7. The average Bonchev–Trinajstić information content (AvgIpc) is 3.57. The van der Waals surface area contributed by atoms with Gasteiger partial charge in [-0.15, -0.1) is 0 Å². The third-order valence-corrected chi connectivity index (χ3v) is 7.17. The van der Waals surface area contributed by atoms with Crippen LogP contribution in [0.1, 0.15) is 41.6 Å². The minimum absolute atomic E-state index is 0.0807. The Labute approximate surface area is 208 Å². The average molecular weight is 518 g/mol. The van der Waals surface area contributed by atoms with Crippen LogP contribution in [0.15, 0.2) is 24.4 Å². The van der Waals surface area contributed by atoms with Gasteiger partial charge in [-0.25, -0.2) is 19.4 Å². The predicted octanol–water partition coefficient (Wildman–Crippen LogP) is 1.75. The lowest BCUT2D eigenvalue weighted by Gasteiger charge is -2.38. The van der Waals surface area contributed by atoms with Crippen molar-refractivity contribution in [1.82, 2.24) is 14.7 Å². The van der Waals surface area contributed by atoms with Gasteiger partial charge in [0.1, 0.15) is 11.1 Å². The molecule has 2 aliphatic rings. The van der Waals surface area contributed by atoms with Crippen molar-refractivity contribution in [3.05, 3.63) is 52.8 Å². The Hall–Kier alpha value is -3.50. The number of carbonyl (C=O) groups is 2. The van der Waals surface area contributed by atoms with E-state index in [1.165, 1.54) is 12.3 Å². The molecule has 0 radical (unpaired) electrons. The van der Waals surface area contributed by atoms with Crippen molar-refractivity contribution in [2.45, 2.75) is 37.8 Å². The Kier molecular flexibility index (Phi) is 7.01. The maximum Gasteiger partial charge on any atom is 0.254 e. The first-order chi connectivity index (χ1) is 17.0.